The Labute approximate surface area is 138 Å². The van der Waals surface area contributed by atoms with E-state index in [1.807, 2.05) is 30.3 Å². The van der Waals surface area contributed by atoms with E-state index in [0.29, 0.717) is 35.5 Å². The lowest BCUT2D eigenvalue weighted by atomic mass is 10.2. The number of rotatable bonds is 6. The molecule has 0 saturated carbocycles. The van der Waals surface area contributed by atoms with Crippen LogP contribution in [0.2, 0.25) is 5.02 Å². The van der Waals surface area contributed by atoms with Gasteiger partial charge in [0.05, 0.1) is 12.1 Å². The molecule has 23 heavy (non-hydrogen) atoms. The summed E-state index contributed by atoms with van der Waals surface area (Å²) >= 11 is 6.01. The monoisotopic (exact) mass is 330 g/mol. The van der Waals surface area contributed by atoms with Crippen LogP contribution >= 0.6 is 11.6 Å². The van der Waals surface area contributed by atoms with E-state index in [1.54, 1.807) is 22.8 Å². The number of hydrogen-bond donors (Lipinski definition) is 1. The maximum absolute atomic E-state index is 11.0. The third kappa shape index (κ3) is 3.14. The van der Waals surface area contributed by atoms with Crippen LogP contribution in [0.3, 0.4) is 0 Å². The van der Waals surface area contributed by atoms with E-state index in [1.165, 1.54) is 0 Å². The summed E-state index contributed by atoms with van der Waals surface area (Å²) < 4.78 is 7.26. The number of aromatic nitrogens is 1. The molecule has 3 aromatic rings. The summed E-state index contributed by atoms with van der Waals surface area (Å²) in [4.78, 5) is 11.0. The highest BCUT2D eigenvalue weighted by Gasteiger charge is 2.17. The number of hydrogen-bond acceptors (Lipinski definition) is 4. The summed E-state index contributed by atoms with van der Waals surface area (Å²) in [5.41, 5.74) is 0.727. The fourth-order valence-electron chi connectivity index (χ4n) is 2.54. The molecule has 5 nitrogen and oxygen atoms in total. The first-order valence-corrected chi connectivity index (χ1v) is 7.60. The van der Waals surface area contributed by atoms with E-state index in [2.05, 4.69) is 5.18 Å². The normalized spacial score (nSPS) is 10.8. The van der Waals surface area contributed by atoms with Crippen LogP contribution in [0, 0.1) is 4.91 Å². The first-order chi connectivity index (χ1) is 11.2. The lowest BCUT2D eigenvalue weighted by molar-refractivity contribution is 0.298. The number of ether oxygens (including phenoxy) is 1. The molecule has 0 aliphatic rings. The topological polar surface area (TPSA) is 63.8 Å². The van der Waals surface area contributed by atoms with Crippen molar-refractivity contribution in [2.75, 3.05) is 6.61 Å². The minimum absolute atomic E-state index is 0.0423. The standard InChI is InChI=1S/C17H15ClN2O3/c18-12-7-8-14-15(11-12)20(17(21)16(14)19-22)9-4-10-23-13-5-2-1-3-6-13/h1-3,5-8,11,21H,4,9-10H2. The number of benzene rings is 2. The predicted octanol–water partition coefficient (Wildman–Crippen LogP) is 4.87. The molecule has 0 unspecified atom stereocenters. The van der Waals surface area contributed by atoms with E-state index in [0.717, 1.165) is 5.75 Å². The Hall–Kier alpha value is -2.53. The van der Waals surface area contributed by atoms with Gasteiger partial charge in [0.2, 0.25) is 5.88 Å². The van der Waals surface area contributed by atoms with Crippen LogP contribution in [0.15, 0.2) is 53.7 Å². The molecule has 0 radical (unpaired) electrons. The Balaban J connectivity index is 1.76. The van der Waals surface area contributed by atoms with Crippen molar-refractivity contribution < 1.29 is 9.84 Å². The Kier molecular flexibility index (Phi) is 4.48. The largest absolute Gasteiger partial charge is 0.494 e. The smallest absolute Gasteiger partial charge is 0.222 e. The van der Waals surface area contributed by atoms with Crippen molar-refractivity contribution in [1.82, 2.24) is 4.57 Å². The first kappa shape index (κ1) is 15.4. The molecule has 0 fully saturated rings. The first-order valence-electron chi connectivity index (χ1n) is 7.22. The summed E-state index contributed by atoms with van der Waals surface area (Å²) in [6.07, 6.45) is 0.664. The molecule has 1 aromatic heterocycles. The summed E-state index contributed by atoms with van der Waals surface area (Å²) in [7, 11) is 0. The quantitative estimate of drug-likeness (QED) is 0.518. The van der Waals surface area contributed by atoms with Crippen LogP contribution in [0.25, 0.3) is 10.9 Å². The Morgan fingerprint density at radius 3 is 2.70 bits per heavy atom. The third-order valence-corrected chi connectivity index (χ3v) is 3.84. The fourth-order valence-corrected chi connectivity index (χ4v) is 2.70. The molecule has 0 amide bonds. The second-order valence-corrected chi connectivity index (χ2v) is 5.53. The van der Waals surface area contributed by atoms with E-state index in [-0.39, 0.29) is 11.6 Å². The molecule has 118 valence electrons. The van der Waals surface area contributed by atoms with Crippen LogP contribution in [0.1, 0.15) is 6.42 Å². The number of aromatic hydroxyl groups is 1. The van der Waals surface area contributed by atoms with Gasteiger partial charge in [-0.15, -0.1) is 4.91 Å². The van der Waals surface area contributed by atoms with Crippen LogP contribution in [0.5, 0.6) is 11.6 Å². The molecule has 0 saturated heterocycles. The van der Waals surface area contributed by atoms with Crippen molar-refractivity contribution in [3.05, 3.63) is 58.5 Å². The molecule has 0 spiro atoms. The summed E-state index contributed by atoms with van der Waals surface area (Å²) in [5, 5.41) is 14.3. The van der Waals surface area contributed by atoms with Crippen LogP contribution in [-0.4, -0.2) is 16.3 Å². The molecule has 0 atom stereocenters. The minimum Gasteiger partial charge on any atom is -0.494 e. The molecule has 3 rings (SSSR count). The van der Waals surface area contributed by atoms with Crippen LogP contribution < -0.4 is 4.74 Å². The van der Waals surface area contributed by atoms with E-state index in [9.17, 15) is 10.0 Å². The van der Waals surface area contributed by atoms with Gasteiger partial charge in [-0.1, -0.05) is 29.8 Å². The number of fused-ring (bicyclic) bond motifs is 1. The van der Waals surface area contributed by atoms with Gasteiger partial charge in [-0.05, 0) is 41.9 Å². The average Bonchev–Trinajstić information content (AvgIpc) is 2.83. The second-order valence-electron chi connectivity index (χ2n) is 5.09. The molecular formula is C17H15ClN2O3. The number of nitrogens with zero attached hydrogens (tertiary/aromatic N) is 2. The Morgan fingerprint density at radius 2 is 1.96 bits per heavy atom. The van der Waals surface area contributed by atoms with Gasteiger partial charge in [0.15, 0.2) is 5.69 Å². The molecular weight excluding hydrogens is 316 g/mol. The van der Waals surface area contributed by atoms with Gasteiger partial charge >= 0.3 is 0 Å². The minimum atomic E-state index is -0.142. The van der Waals surface area contributed by atoms with E-state index < -0.39 is 0 Å². The SMILES string of the molecule is O=Nc1c(O)n(CCCOc2ccccc2)c2cc(Cl)ccc12. The van der Waals surface area contributed by atoms with Crippen LogP contribution in [-0.2, 0) is 6.54 Å². The highest BCUT2D eigenvalue weighted by atomic mass is 35.5. The molecule has 6 heteroatoms. The van der Waals surface area contributed by atoms with Gasteiger partial charge in [-0.25, -0.2) is 0 Å². The van der Waals surface area contributed by atoms with E-state index >= 15 is 0 Å². The second kappa shape index (κ2) is 6.71. The van der Waals surface area contributed by atoms with Gasteiger partial charge in [0.1, 0.15) is 5.75 Å². The highest BCUT2D eigenvalue weighted by molar-refractivity contribution is 6.31. The van der Waals surface area contributed by atoms with Gasteiger partial charge in [-0.3, -0.25) is 0 Å². The molecule has 0 aliphatic carbocycles. The van der Waals surface area contributed by atoms with Gasteiger partial charge in [0.25, 0.3) is 0 Å². The average molecular weight is 331 g/mol. The number of para-hydroxylation sites is 1. The van der Waals surface area contributed by atoms with Gasteiger partial charge < -0.3 is 14.4 Å². The maximum atomic E-state index is 11.0. The zero-order valence-corrected chi connectivity index (χ0v) is 13.0. The van der Waals surface area contributed by atoms with Gasteiger partial charge in [-0.2, -0.15) is 0 Å². The number of halogens is 1. The van der Waals surface area contributed by atoms with Crippen LogP contribution in [0.4, 0.5) is 5.69 Å². The Morgan fingerprint density at radius 1 is 1.17 bits per heavy atom. The maximum Gasteiger partial charge on any atom is 0.222 e. The van der Waals surface area contributed by atoms with Crippen molar-refractivity contribution in [3.63, 3.8) is 0 Å². The molecule has 0 aliphatic heterocycles. The fraction of sp³-hybridized carbons (Fsp3) is 0.176. The summed E-state index contributed by atoms with van der Waals surface area (Å²) in [6.45, 7) is 0.985. The van der Waals surface area contributed by atoms with Crippen molar-refractivity contribution in [3.8, 4) is 11.6 Å². The third-order valence-electron chi connectivity index (χ3n) is 3.60. The van der Waals surface area contributed by atoms with Crippen molar-refractivity contribution in [2.45, 2.75) is 13.0 Å². The van der Waals surface area contributed by atoms with E-state index in [4.69, 9.17) is 16.3 Å². The Bertz CT molecular complexity index is 831. The zero-order valence-electron chi connectivity index (χ0n) is 12.3. The van der Waals surface area contributed by atoms with Crippen molar-refractivity contribution in [2.24, 2.45) is 5.18 Å². The molecule has 2 aromatic carbocycles. The van der Waals surface area contributed by atoms with Crippen molar-refractivity contribution in [1.29, 1.82) is 0 Å². The predicted molar refractivity (Wildman–Crippen MR) is 90.6 cm³/mol. The lowest BCUT2D eigenvalue weighted by Crippen LogP contribution is -2.04. The molecule has 1 heterocycles. The lowest BCUT2D eigenvalue weighted by Gasteiger charge is -2.09. The van der Waals surface area contributed by atoms with Gasteiger partial charge in [0, 0.05) is 17.0 Å². The molecule has 1 N–H and O–H groups in total. The number of aryl methyl sites for hydroxylation is 1. The highest BCUT2D eigenvalue weighted by Crippen LogP contribution is 2.39. The summed E-state index contributed by atoms with van der Waals surface area (Å²) in [5.74, 6) is 0.657. The summed E-state index contributed by atoms with van der Waals surface area (Å²) in [6, 6.07) is 14.6. The van der Waals surface area contributed by atoms with Crippen molar-refractivity contribution >= 4 is 28.2 Å². The zero-order chi connectivity index (χ0) is 16.2. The molecule has 0 bridgehead atoms. The number of nitroso groups, excluding NO2 is 1.